The number of hydrogen-bond acceptors (Lipinski definition) is 3. The molecule has 0 radical (unpaired) electrons. The minimum Gasteiger partial charge on any atom is -0.333 e. The first-order valence-electron chi connectivity index (χ1n) is 8.50. The van der Waals surface area contributed by atoms with Gasteiger partial charge in [-0.1, -0.05) is 12.1 Å². The molecule has 2 aromatic rings. The highest BCUT2D eigenvalue weighted by Crippen LogP contribution is 2.26. The SMILES string of the molecule is CC(C)N1CC(c2cc(CCc3ccc(F)cc3)ccn2)C(=O)C1=O. The second-order valence-corrected chi connectivity index (χ2v) is 6.68. The molecule has 1 aliphatic rings. The minimum atomic E-state index is -0.485. The number of hydrogen-bond donors (Lipinski definition) is 0. The summed E-state index contributed by atoms with van der Waals surface area (Å²) in [7, 11) is 0. The Bertz CT molecular complexity index is 787. The first-order chi connectivity index (χ1) is 12.0. The third-order valence-corrected chi connectivity index (χ3v) is 4.61. The maximum absolute atomic E-state index is 13.0. The summed E-state index contributed by atoms with van der Waals surface area (Å²) in [5.41, 5.74) is 2.76. The molecule has 0 saturated carbocycles. The van der Waals surface area contributed by atoms with Gasteiger partial charge in [0.25, 0.3) is 5.91 Å². The molecule has 1 amide bonds. The van der Waals surface area contributed by atoms with E-state index >= 15 is 0 Å². The lowest BCUT2D eigenvalue weighted by atomic mass is 9.99. The molecule has 0 N–H and O–H groups in total. The van der Waals surface area contributed by atoms with Crippen LogP contribution in [0.25, 0.3) is 0 Å². The Hall–Kier alpha value is -2.56. The zero-order chi connectivity index (χ0) is 18.0. The van der Waals surface area contributed by atoms with Gasteiger partial charge in [0.1, 0.15) is 5.82 Å². The van der Waals surface area contributed by atoms with Gasteiger partial charge in [0.2, 0.25) is 5.78 Å². The van der Waals surface area contributed by atoms with Crippen molar-refractivity contribution in [3.05, 3.63) is 65.2 Å². The fourth-order valence-electron chi connectivity index (χ4n) is 3.11. The van der Waals surface area contributed by atoms with Crippen LogP contribution in [0, 0.1) is 5.82 Å². The van der Waals surface area contributed by atoms with E-state index in [9.17, 15) is 14.0 Å². The van der Waals surface area contributed by atoms with E-state index in [0.717, 1.165) is 24.0 Å². The molecule has 1 unspecified atom stereocenters. The van der Waals surface area contributed by atoms with E-state index in [1.165, 1.54) is 12.1 Å². The maximum Gasteiger partial charge on any atom is 0.290 e. The van der Waals surface area contributed by atoms with Crippen LogP contribution in [-0.4, -0.2) is 34.2 Å². The second-order valence-electron chi connectivity index (χ2n) is 6.68. The second kappa shape index (κ2) is 7.13. The van der Waals surface area contributed by atoms with Crippen LogP contribution in [-0.2, 0) is 22.4 Å². The molecule has 0 bridgehead atoms. The highest BCUT2D eigenvalue weighted by atomic mass is 19.1. The standard InChI is InChI=1S/C20H21FN2O2/c1-13(2)23-12-17(19(24)20(23)25)18-11-15(9-10-22-18)4-3-14-5-7-16(21)8-6-14/h5-11,13,17H,3-4,12H2,1-2H3. The number of nitrogens with zero attached hydrogens (tertiary/aromatic N) is 2. The van der Waals surface area contributed by atoms with Gasteiger partial charge in [-0.05, 0) is 62.1 Å². The van der Waals surface area contributed by atoms with E-state index in [1.807, 2.05) is 26.0 Å². The molecule has 5 heteroatoms. The topological polar surface area (TPSA) is 50.3 Å². The number of amides is 1. The van der Waals surface area contributed by atoms with Gasteiger partial charge in [0, 0.05) is 18.8 Å². The number of benzene rings is 1. The summed E-state index contributed by atoms with van der Waals surface area (Å²) in [4.78, 5) is 30.3. The van der Waals surface area contributed by atoms with Crippen molar-refractivity contribution in [2.45, 2.75) is 38.6 Å². The predicted molar refractivity (Wildman–Crippen MR) is 92.6 cm³/mol. The maximum atomic E-state index is 13.0. The van der Waals surface area contributed by atoms with Crippen molar-refractivity contribution >= 4 is 11.7 Å². The number of carbonyl (C=O) groups excluding carboxylic acids is 2. The highest BCUT2D eigenvalue weighted by molar-refractivity contribution is 6.40. The summed E-state index contributed by atoms with van der Waals surface area (Å²) in [6, 6.07) is 10.3. The molecule has 1 aromatic carbocycles. The molecule has 1 aromatic heterocycles. The number of aryl methyl sites for hydroxylation is 2. The molecule has 4 nitrogen and oxygen atoms in total. The number of halogens is 1. The molecule has 0 aliphatic carbocycles. The number of Topliss-reactive ketones (excluding diaryl/α,β-unsaturated/α-hetero) is 1. The summed E-state index contributed by atoms with van der Waals surface area (Å²) >= 11 is 0. The largest absolute Gasteiger partial charge is 0.333 e. The van der Waals surface area contributed by atoms with E-state index in [2.05, 4.69) is 4.98 Å². The Morgan fingerprint density at radius 3 is 2.44 bits per heavy atom. The number of carbonyl (C=O) groups is 2. The molecular formula is C20H21FN2O2. The van der Waals surface area contributed by atoms with Crippen molar-refractivity contribution in [1.29, 1.82) is 0 Å². The molecule has 1 atom stereocenters. The average molecular weight is 340 g/mol. The van der Waals surface area contributed by atoms with E-state index in [-0.39, 0.29) is 17.6 Å². The van der Waals surface area contributed by atoms with Gasteiger partial charge < -0.3 is 4.90 Å². The molecule has 3 rings (SSSR count). The van der Waals surface area contributed by atoms with Gasteiger partial charge >= 0.3 is 0 Å². The number of likely N-dealkylation sites (tertiary alicyclic amines) is 1. The summed E-state index contributed by atoms with van der Waals surface area (Å²) in [6.07, 6.45) is 3.23. The van der Waals surface area contributed by atoms with E-state index in [4.69, 9.17) is 0 Å². The smallest absolute Gasteiger partial charge is 0.290 e. The lowest BCUT2D eigenvalue weighted by Crippen LogP contribution is -2.33. The third-order valence-electron chi connectivity index (χ3n) is 4.61. The molecule has 130 valence electrons. The van der Waals surface area contributed by atoms with Crippen LogP contribution in [0.5, 0.6) is 0 Å². The van der Waals surface area contributed by atoms with Crippen molar-refractivity contribution in [3.63, 3.8) is 0 Å². The van der Waals surface area contributed by atoms with Gasteiger partial charge in [0.05, 0.1) is 11.6 Å². The predicted octanol–water partition coefficient (Wildman–Crippen LogP) is 2.91. The zero-order valence-electron chi connectivity index (χ0n) is 14.4. The van der Waals surface area contributed by atoms with Crippen LogP contribution in [0.15, 0.2) is 42.6 Å². The molecule has 1 fully saturated rings. The van der Waals surface area contributed by atoms with Crippen molar-refractivity contribution in [2.24, 2.45) is 0 Å². The van der Waals surface area contributed by atoms with Gasteiger partial charge in [-0.25, -0.2) is 4.39 Å². The molecule has 1 aliphatic heterocycles. The number of rotatable bonds is 5. The van der Waals surface area contributed by atoms with E-state index in [1.54, 1.807) is 23.2 Å². The summed E-state index contributed by atoms with van der Waals surface area (Å²) < 4.78 is 13.0. The van der Waals surface area contributed by atoms with Gasteiger partial charge in [-0.2, -0.15) is 0 Å². The van der Waals surface area contributed by atoms with E-state index < -0.39 is 11.8 Å². The Kier molecular flexibility index (Phi) is 4.93. The summed E-state index contributed by atoms with van der Waals surface area (Å²) in [5, 5.41) is 0. The Labute approximate surface area is 146 Å². The molecule has 0 spiro atoms. The summed E-state index contributed by atoms with van der Waals surface area (Å²) in [5.74, 6) is -1.52. The van der Waals surface area contributed by atoms with Crippen LogP contribution >= 0.6 is 0 Å². The van der Waals surface area contributed by atoms with Crippen LogP contribution in [0.3, 0.4) is 0 Å². The van der Waals surface area contributed by atoms with Crippen molar-refractivity contribution < 1.29 is 14.0 Å². The van der Waals surface area contributed by atoms with Gasteiger partial charge in [-0.15, -0.1) is 0 Å². The van der Waals surface area contributed by atoms with Gasteiger partial charge in [-0.3, -0.25) is 14.6 Å². The monoisotopic (exact) mass is 340 g/mol. The molecular weight excluding hydrogens is 319 g/mol. The fourth-order valence-corrected chi connectivity index (χ4v) is 3.11. The van der Waals surface area contributed by atoms with E-state index in [0.29, 0.717) is 12.2 Å². The number of pyridine rings is 1. The Morgan fingerprint density at radius 1 is 1.12 bits per heavy atom. The number of aromatic nitrogens is 1. The molecule has 2 heterocycles. The first-order valence-corrected chi connectivity index (χ1v) is 8.50. The first kappa shape index (κ1) is 17.3. The average Bonchev–Trinajstić information content (AvgIpc) is 2.90. The summed E-state index contributed by atoms with van der Waals surface area (Å²) in [6.45, 7) is 4.20. The zero-order valence-corrected chi connectivity index (χ0v) is 14.4. The lowest BCUT2D eigenvalue weighted by molar-refractivity contribution is -0.141. The Balaban J connectivity index is 1.72. The normalized spacial score (nSPS) is 17.6. The van der Waals surface area contributed by atoms with Crippen molar-refractivity contribution in [1.82, 2.24) is 9.88 Å². The van der Waals surface area contributed by atoms with Crippen LogP contribution in [0.4, 0.5) is 4.39 Å². The van der Waals surface area contributed by atoms with Crippen LogP contribution in [0.1, 0.15) is 36.6 Å². The molecule has 25 heavy (non-hydrogen) atoms. The molecule has 1 saturated heterocycles. The van der Waals surface area contributed by atoms with Crippen LogP contribution in [0.2, 0.25) is 0 Å². The lowest BCUT2D eigenvalue weighted by Gasteiger charge is -2.19. The highest BCUT2D eigenvalue weighted by Gasteiger charge is 2.41. The van der Waals surface area contributed by atoms with Crippen molar-refractivity contribution in [3.8, 4) is 0 Å². The fraction of sp³-hybridized carbons (Fsp3) is 0.350. The van der Waals surface area contributed by atoms with Crippen LogP contribution < -0.4 is 0 Å². The minimum absolute atomic E-state index is 0.00288. The van der Waals surface area contributed by atoms with Crippen molar-refractivity contribution in [2.75, 3.05) is 6.54 Å². The third kappa shape index (κ3) is 3.76. The number of ketones is 1. The Morgan fingerprint density at radius 2 is 1.80 bits per heavy atom. The quantitative estimate of drug-likeness (QED) is 0.787. The van der Waals surface area contributed by atoms with Gasteiger partial charge in [0.15, 0.2) is 0 Å².